The van der Waals surface area contributed by atoms with Crippen molar-refractivity contribution in [1.29, 1.82) is 0 Å². The number of hydrogen-bond donors (Lipinski definition) is 1. The number of hydrogen-bond acceptors (Lipinski definition) is 5. The van der Waals surface area contributed by atoms with Gasteiger partial charge in [-0.1, -0.05) is 25.0 Å². The van der Waals surface area contributed by atoms with Crippen LogP contribution in [0.25, 0.3) is 0 Å². The molecule has 0 amide bonds. The van der Waals surface area contributed by atoms with Crippen LogP contribution in [0.5, 0.6) is 0 Å². The van der Waals surface area contributed by atoms with Crippen molar-refractivity contribution in [2.24, 2.45) is 0 Å². The van der Waals surface area contributed by atoms with Crippen molar-refractivity contribution in [3.8, 4) is 0 Å². The van der Waals surface area contributed by atoms with Crippen LogP contribution in [0.3, 0.4) is 0 Å². The Balaban J connectivity index is 1.44. The van der Waals surface area contributed by atoms with Crippen LogP contribution in [0.15, 0.2) is 24.3 Å². The minimum absolute atomic E-state index is 0.577. The number of rotatable bonds is 4. The Labute approximate surface area is 162 Å². The maximum absolute atomic E-state index is 4.72. The molecule has 5 nitrogen and oxygen atoms in total. The van der Waals surface area contributed by atoms with Gasteiger partial charge >= 0.3 is 0 Å². The van der Waals surface area contributed by atoms with Gasteiger partial charge in [0, 0.05) is 44.0 Å². The lowest BCUT2D eigenvalue weighted by Gasteiger charge is -2.37. The molecule has 2 heterocycles. The molecule has 1 saturated carbocycles. The first kappa shape index (κ1) is 18.1. The van der Waals surface area contributed by atoms with Gasteiger partial charge in [-0.3, -0.25) is 0 Å². The van der Waals surface area contributed by atoms with Gasteiger partial charge in [-0.15, -0.1) is 0 Å². The maximum atomic E-state index is 4.72. The second-order valence-corrected chi connectivity index (χ2v) is 7.98. The van der Waals surface area contributed by atoms with Gasteiger partial charge in [0.15, 0.2) is 0 Å². The second-order valence-electron chi connectivity index (χ2n) is 7.98. The highest BCUT2D eigenvalue weighted by molar-refractivity contribution is 5.58. The molecule has 1 aromatic carbocycles. The fourth-order valence-electron chi connectivity index (χ4n) is 4.32. The van der Waals surface area contributed by atoms with Gasteiger partial charge < -0.3 is 15.1 Å². The van der Waals surface area contributed by atoms with Crippen molar-refractivity contribution in [1.82, 2.24) is 9.97 Å². The quantitative estimate of drug-likeness (QED) is 0.884. The van der Waals surface area contributed by atoms with E-state index in [1.165, 1.54) is 42.5 Å². The third-order valence-electron chi connectivity index (χ3n) is 6.05. The monoisotopic (exact) mass is 365 g/mol. The number of piperazine rings is 1. The SMILES string of the molecule is Cc1nc(NC2CCCC2)cc(N2CCN(c3cccc(C)c3C)CC2)n1. The first-order valence-corrected chi connectivity index (χ1v) is 10.3. The molecule has 1 aliphatic heterocycles. The van der Waals surface area contributed by atoms with Crippen molar-refractivity contribution >= 4 is 17.3 Å². The predicted octanol–water partition coefficient (Wildman–Crippen LogP) is 4.08. The Morgan fingerprint density at radius 3 is 2.37 bits per heavy atom. The highest BCUT2D eigenvalue weighted by Crippen LogP contribution is 2.26. The average molecular weight is 366 g/mol. The largest absolute Gasteiger partial charge is 0.368 e. The molecule has 2 aliphatic rings. The summed E-state index contributed by atoms with van der Waals surface area (Å²) in [7, 11) is 0. The highest BCUT2D eigenvalue weighted by atomic mass is 15.3. The zero-order valence-corrected chi connectivity index (χ0v) is 16.8. The minimum atomic E-state index is 0.577. The summed E-state index contributed by atoms with van der Waals surface area (Å²) in [4.78, 5) is 14.2. The first-order valence-electron chi connectivity index (χ1n) is 10.3. The van der Waals surface area contributed by atoms with Crippen LogP contribution in [0.4, 0.5) is 17.3 Å². The van der Waals surface area contributed by atoms with Gasteiger partial charge in [0.1, 0.15) is 17.5 Å². The third kappa shape index (κ3) is 4.02. The smallest absolute Gasteiger partial charge is 0.134 e. The Kier molecular flexibility index (Phi) is 5.19. The van der Waals surface area contributed by atoms with E-state index in [-0.39, 0.29) is 0 Å². The Morgan fingerprint density at radius 1 is 0.926 bits per heavy atom. The molecule has 27 heavy (non-hydrogen) atoms. The van der Waals surface area contributed by atoms with Crippen molar-refractivity contribution < 1.29 is 0 Å². The minimum Gasteiger partial charge on any atom is -0.368 e. The Morgan fingerprint density at radius 2 is 1.63 bits per heavy atom. The van der Waals surface area contributed by atoms with Crippen molar-refractivity contribution in [2.75, 3.05) is 41.3 Å². The van der Waals surface area contributed by atoms with Gasteiger partial charge in [0.05, 0.1) is 0 Å². The molecule has 144 valence electrons. The van der Waals surface area contributed by atoms with Crippen LogP contribution in [0.2, 0.25) is 0 Å². The molecule has 0 bridgehead atoms. The maximum Gasteiger partial charge on any atom is 0.134 e. The predicted molar refractivity (Wildman–Crippen MR) is 113 cm³/mol. The summed E-state index contributed by atoms with van der Waals surface area (Å²) in [6, 6.07) is 9.32. The zero-order chi connectivity index (χ0) is 18.8. The lowest BCUT2D eigenvalue weighted by atomic mass is 10.1. The Hall–Kier alpha value is -2.30. The van der Waals surface area contributed by atoms with Crippen molar-refractivity contribution in [2.45, 2.75) is 52.5 Å². The molecule has 0 unspecified atom stereocenters. The van der Waals surface area contributed by atoms with Gasteiger partial charge in [0.25, 0.3) is 0 Å². The number of aromatic nitrogens is 2. The average Bonchev–Trinajstić information content (AvgIpc) is 3.17. The molecule has 0 atom stereocenters. The van der Waals surface area contributed by atoms with Crippen LogP contribution in [0.1, 0.15) is 42.6 Å². The molecule has 0 spiro atoms. The van der Waals surface area contributed by atoms with E-state index < -0.39 is 0 Å². The molecular formula is C22H31N5. The van der Waals surface area contributed by atoms with E-state index >= 15 is 0 Å². The molecular weight excluding hydrogens is 334 g/mol. The van der Waals surface area contributed by atoms with Crippen molar-refractivity contribution in [3.63, 3.8) is 0 Å². The van der Waals surface area contributed by atoms with E-state index in [4.69, 9.17) is 4.98 Å². The normalized spacial score (nSPS) is 18.2. The third-order valence-corrected chi connectivity index (χ3v) is 6.05. The summed E-state index contributed by atoms with van der Waals surface area (Å²) < 4.78 is 0. The topological polar surface area (TPSA) is 44.3 Å². The standard InChI is InChI=1S/C22H31N5/c1-16-7-6-10-20(17(16)2)26-11-13-27(14-12-26)22-15-21(23-18(3)24-22)25-19-8-4-5-9-19/h6-7,10,15,19H,4-5,8-9,11-14H2,1-3H3,(H,23,24,25). The van der Waals surface area contributed by atoms with E-state index in [2.05, 4.69) is 58.2 Å². The summed E-state index contributed by atoms with van der Waals surface area (Å²) in [6.45, 7) is 10.5. The molecule has 1 aromatic heterocycles. The highest BCUT2D eigenvalue weighted by Gasteiger charge is 2.21. The summed E-state index contributed by atoms with van der Waals surface area (Å²) in [6.07, 6.45) is 5.17. The van der Waals surface area contributed by atoms with Gasteiger partial charge in [-0.05, 0) is 50.8 Å². The zero-order valence-electron chi connectivity index (χ0n) is 16.8. The van der Waals surface area contributed by atoms with Crippen LogP contribution >= 0.6 is 0 Å². The number of benzene rings is 1. The van der Waals surface area contributed by atoms with Gasteiger partial charge in [-0.25, -0.2) is 9.97 Å². The molecule has 5 heteroatoms. The van der Waals surface area contributed by atoms with E-state index in [0.717, 1.165) is 43.6 Å². The number of anilines is 3. The van der Waals surface area contributed by atoms with E-state index in [1.807, 2.05) is 6.92 Å². The van der Waals surface area contributed by atoms with E-state index in [9.17, 15) is 0 Å². The van der Waals surface area contributed by atoms with E-state index in [1.54, 1.807) is 0 Å². The summed E-state index contributed by atoms with van der Waals surface area (Å²) in [5.74, 6) is 2.90. The molecule has 1 aliphatic carbocycles. The summed E-state index contributed by atoms with van der Waals surface area (Å²) in [5.41, 5.74) is 4.13. The molecule has 1 N–H and O–H groups in total. The number of nitrogens with zero attached hydrogens (tertiary/aromatic N) is 4. The molecule has 0 radical (unpaired) electrons. The number of nitrogens with one attached hydrogen (secondary N) is 1. The molecule has 2 fully saturated rings. The van der Waals surface area contributed by atoms with Crippen LogP contribution < -0.4 is 15.1 Å². The molecule has 4 rings (SSSR count). The summed E-state index contributed by atoms with van der Waals surface area (Å²) >= 11 is 0. The van der Waals surface area contributed by atoms with Crippen molar-refractivity contribution in [3.05, 3.63) is 41.2 Å². The van der Waals surface area contributed by atoms with Crippen LogP contribution in [0, 0.1) is 20.8 Å². The van der Waals surface area contributed by atoms with E-state index in [0.29, 0.717) is 6.04 Å². The first-order chi connectivity index (χ1) is 13.1. The fraction of sp³-hybridized carbons (Fsp3) is 0.545. The van der Waals surface area contributed by atoms with Gasteiger partial charge in [-0.2, -0.15) is 0 Å². The molecule has 2 aromatic rings. The van der Waals surface area contributed by atoms with Gasteiger partial charge in [0.2, 0.25) is 0 Å². The second kappa shape index (κ2) is 7.75. The summed E-state index contributed by atoms with van der Waals surface area (Å²) in [5, 5.41) is 3.62. The fourth-order valence-corrected chi connectivity index (χ4v) is 4.32. The van der Waals surface area contributed by atoms with Crippen LogP contribution in [-0.4, -0.2) is 42.2 Å². The lowest BCUT2D eigenvalue weighted by molar-refractivity contribution is 0.644. The lowest BCUT2D eigenvalue weighted by Crippen LogP contribution is -2.47. The number of aryl methyl sites for hydroxylation is 2. The Bertz CT molecular complexity index is 789. The van der Waals surface area contributed by atoms with Crippen LogP contribution in [-0.2, 0) is 0 Å². The molecule has 1 saturated heterocycles.